The molecule has 0 aliphatic carbocycles. The first-order valence-electron chi connectivity index (χ1n) is 7.85. The Kier molecular flexibility index (Phi) is 6.57. The monoisotopic (exact) mass is 280 g/mol. The molecule has 1 atom stereocenters. The lowest BCUT2D eigenvalue weighted by Gasteiger charge is -2.18. The molecule has 1 saturated heterocycles. The van der Waals surface area contributed by atoms with Crippen LogP contribution in [0.15, 0.2) is 16.7 Å². The van der Waals surface area contributed by atoms with E-state index in [-0.39, 0.29) is 0 Å². The molecular formula is C16H28N2O2. The lowest BCUT2D eigenvalue weighted by atomic mass is 10.1. The van der Waals surface area contributed by atoms with E-state index in [1.807, 2.05) is 6.07 Å². The number of rotatable bonds is 9. The molecule has 20 heavy (non-hydrogen) atoms. The third kappa shape index (κ3) is 4.62. The quantitative estimate of drug-likeness (QED) is 0.706. The van der Waals surface area contributed by atoms with E-state index in [4.69, 9.17) is 9.15 Å². The van der Waals surface area contributed by atoms with Gasteiger partial charge in [-0.15, -0.1) is 0 Å². The highest BCUT2D eigenvalue weighted by atomic mass is 16.5. The second kappa shape index (κ2) is 8.45. The van der Waals surface area contributed by atoms with Crippen molar-refractivity contribution < 1.29 is 9.15 Å². The van der Waals surface area contributed by atoms with Crippen LogP contribution >= 0.6 is 0 Å². The normalized spacial score (nSPS) is 19.8. The second-order valence-corrected chi connectivity index (χ2v) is 5.66. The molecule has 4 nitrogen and oxygen atoms in total. The van der Waals surface area contributed by atoms with Gasteiger partial charge in [-0.1, -0.05) is 6.92 Å². The summed E-state index contributed by atoms with van der Waals surface area (Å²) in [7, 11) is 2.21. The van der Waals surface area contributed by atoms with Gasteiger partial charge in [0.1, 0.15) is 12.4 Å². The smallest absolute Gasteiger partial charge is 0.133 e. The predicted octanol–water partition coefficient (Wildman–Crippen LogP) is 2.78. The van der Waals surface area contributed by atoms with Gasteiger partial charge in [-0.05, 0) is 51.9 Å². The molecule has 1 aromatic rings. The molecule has 0 saturated carbocycles. The highest BCUT2D eigenvalue weighted by Crippen LogP contribution is 2.18. The van der Waals surface area contributed by atoms with Gasteiger partial charge in [-0.3, -0.25) is 0 Å². The van der Waals surface area contributed by atoms with Crippen molar-refractivity contribution in [1.82, 2.24) is 10.2 Å². The van der Waals surface area contributed by atoms with Gasteiger partial charge in [0.2, 0.25) is 0 Å². The van der Waals surface area contributed by atoms with Gasteiger partial charge in [0.25, 0.3) is 0 Å². The van der Waals surface area contributed by atoms with E-state index in [1.54, 1.807) is 6.26 Å². The summed E-state index contributed by atoms with van der Waals surface area (Å²) in [6, 6.07) is 2.74. The van der Waals surface area contributed by atoms with E-state index in [0.717, 1.165) is 38.3 Å². The fourth-order valence-corrected chi connectivity index (χ4v) is 2.78. The van der Waals surface area contributed by atoms with E-state index in [1.165, 1.54) is 24.9 Å². The minimum atomic E-state index is 0.590. The standard InChI is InChI=1S/C16H28N2O2/c1-3-8-17-12-14-6-11-20-16(14)13-19-10-7-15-5-4-9-18(15)2/h6,11,15,17H,3-5,7-10,12-13H2,1-2H3. The minimum Gasteiger partial charge on any atom is -0.467 e. The summed E-state index contributed by atoms with van der Waals surface area (Å²) < 4.78 is 11.3. The summed E-state index contributed by atoms with van der Waals surface area (Å²) >= 11 is 0. The number of ether oxygens (including phenoxy) is 1. The third-order valence-corrected chi connectivity index (χ3v) is 4.08. The SMILES string of the molecule is CCCNCc1ccoc1COCCC1CCCN1C. The number of nitrogens with zero attached hydrogens (tertiary/aromatic N) is 1. The Hall–Kier alpha value is -0.840. The van der Waals surface area contributed by atoms with Gasteiger partial charge in [0.15, 0.2) is 0 Å². The van der Waals surface area contributed by atoms with Crippen LogP contribution < -0.4 is 5.32 Å². The maximum absolute atomic E-state index is 5.79. The van der Waals surface area contributed by atoms with E-state index in [2.05, 4.69) is 24.2 Å². The molecule has 1 unspecified atom stereocenters. The number of nitrogens with one attached hydrogen (secondary N) is 1. The Bertz CT molecular complexity index is 378. The van der Waals surface area contributed by atoms with Crippen LogP contribution in [0, 0.1) is 0 Å². The molecule has 1 fully saturated rings. The van der Waals surface area contributed by atoms with Crippen molar-refractivity contribution in [2.75, 3.05) is 26.7 Å². The zero-order valence-corrected chi connectivity index (χ0v) is 12.9. The van der Waals surface area contributed by atoms with E-state index in [0.29, 0.717) is 12.6 Å². The summed E-state index contributed by atoms with van der Waals surface area (Å²) in [6.45, 7) is 6.72. The Labute approximate surface area is 122 Å². The minimum absolute atomic E-state index is 0.590. The number of hydrogen-bond acceptors (Lipinski definition) is 4. The van der Waals surface area contributed by atoms with Crippen LogP contribution in [0.5, 0.6) is 0 Å². The molecule has 0 bridgehead atoms. The molecule has 0 amide bonds. The molecular weight excluding hydrogens is 252 g/mol. The number of likely N-dealkylation sites (tertiary alicyclic amines) is 1. The van der Waals surface area contributed by atoms with Crippen molar-refractivity contribution in [3.63, 3.8) is 0 Å². The van der Waals surface area contributed by atoms with Crippen LogP contribution in [0.3, 0.4) is 0 Å². The lowest BCUT2D eigenvalue weighted by Crippen LogP contribution is -2.26. The summed E-state index contributed by atoms with van der Waals surface area (Å²) in [4.78, 5) is 2.44. The molecule has 1 aliphatic rings. The largest absolute Gasteiger partial charge is 0.467 e. The topological polar surface area (TPSA) is 37.6 Å². The fraction of sp³-hybridized carbons (Fsp3) is 0.750. The summed E-state index contributed by atoms with van der Waals surface area (Å²) in [5, 5.41) is 3.40. The molecule has 1 aliphatic heterocycles. The fourth-order valence-electron chi connectivity index (χ4n) is 2.78. The number of furan rings is 1. The van der Waals surface area contributed by atoms with Crippen LogP contribution in [0.2, 0.25) is 0 Å². The van der Waals surface area contributed by atoms with Gasteiger partial charge in [0, 0.05) is 24.8 Å². The number of hydrogen-bond donors (Lipinski definition) is 1. The second-order valence-electron chi connectivity index (χ2n) is 5.66. The first-order chi connectivity index (χ1) is 9.81. The Balaban J connectivity index is 1.65. The summed E-state index contributed by atoms with van der Waals surface area (Å²) in [5.41, 5.74) is 1.22. The molecule has 2 rings (SSSR count). The molecule has 0 radical (unpaired) electrons. The van der Waals surface area contributed by atoms with Crippen molar-refractivity contribution in [1.29, 1.82) is 0 Å². The van der Waals surface area contributed by atoms with Crippen LogP contribution in [-0.2, 0) is 17.9 Å². The lowest BCUT2D eigenvalue weighted by molar-refractivity contribution is 0.0887. The van der Waals surface area contributed by atoms with Gasteiger partial charge < -0.3 is 19.4 Å². The maximum Gasteiger partial charge on any atom is 0.133 e. The molecule has 4 heteroatoms. The van der Waals surface area contributed by atoms with Crippen LogP contribution in [0.1, 0.15) is 43.9 Å². The molecule has 0 aromatic carbocycles. The summed E-state index contributed by atoms with van der Waals surface area (Å²) in [5.74, 6) is 0.966. The third-order valence-electron chi connectivity index (χ3n) is 4.08. The van der Waals surface area contributed by atoms with Gasteiger partial charge in [-0.25, -0.2) is 0 Å². The summed E-state index contributed by atoms with van der Waals surface area (Å²) in [6.07, 6.45) is 6.67. The van der Waals surface area contributed by atoms with E-state index >= 15 is 0 Å². The van der Waals surface area contributed by atoms with Crippen molar-refractivity contribution in [2.45, 2.75) is 51.8 Å². The van der Waals surface area contributed by atoms with Gasteiger partial charge in [-0.2, -0.15) is 0 Å². The first-order valence-corrected chi connectivity index (χ1v) is 7.85. The van der Waals surface area contributed by atoms with Crippen LogP contribution in [0.25, 0.3) is 0 Å². The van der Waals surface area contributed by atoms with Crippen LogP contribution in [0.4, 0.5) is 0 Å². The zero-order chi connectivity index (χ0) is 14.2. The molecule has 114 valence electrons. The first kappa shape index (κ1) is 15.5. The van der Waals surface area contributed by atoms with E-state index in [9.17, 15) is 0 Å². The maximum atomic E-state index is 5.79. The van der Waals surface area contributed by atoms with Crippen molar-refractivity contribution in [2.24, 2.45) is 0 Å². The predicted molar refractivity (Wildman–Crippen MR) is 80.6 cm³/mol. The van der Waals surface area contributed by atoms with Crippen molar-refractivity contribution >= 4 is 0 Å². The Morgan fingerprint density at radius 1 is 1.50 bits per heavy atom. The Morgan fingerprint density at radius 3 is 3.15 bits per heavy atom. The van der Waals surface area contributed by atoms with Crippen LogP contribution in [-0.4, -0.2) is 37.7 Å². The van der Waals surface area contributed by atoms with E-state index < -0.39 is 0 Å². The Morgan fingerprint density at radius 2 is 2.40 bits per heavy atom. The molecule has 1 aromatic heterocycles. The zero-order valence-electron chi connectivity index (χ0n) is 12.9. The van der Waals surface area contributed by atoms with Crippen molar-refractivity contribution in [3.05, 3.63) is 23.7 Å². The van der Waals surface area contributed by atoms with Crippen molar-refractivity contribution in [3.8, 4) is 0 Å². The molecule has 0 spiro atoms. The van der Waals surface area contributed by atoms with Gasteiger partial charge in [0.05, 0.1) is 6.26 Å². The highest BCUT2D eigenvalue weighted by molar-refractivity contribution is 5.16. The highest BCUT2D eigenvalue weighted by Gasteiger charge is 2.20. The molecule has 1 N–H and O–H groups in total. The van der Waals surface area contributed by atoms with Gasteiger partial charge >= 0.3 is 0 Å². The average Bonchev–Trinajstić information content (AvgIpc) is 3.05. The average molecular weight is 280 g/mol. The molecule has 2 heterocycles.